The predicted octanol–water partition coefficient (Wildman–Crippen LogP) is 2.57. The highest BCUT2D eigenvalue weighted by molar-refractivity contribution is 7.81. The SMILES string of the molecule is Cc1noc(C)c1N(c1ccccc1)S(=O)O. The Balaban J connectivity index is 2.55. The molecule has 0 aliphatic carbocycles. The molecular weight excluding hydrogens is 240 g/mol. The molecule has 17 heavy (non-hydrogen) atoms. The van der Waals surface area contributed by atoms with E-state index >= 15 is 0 Å². The van der Waals surface area contributed by atoms with E-state index < -0.39 is 11.3 Å². The largest absolute Gasteiger partial charge is 0.359 e. The fourth-order valence-electron chi connectivity index (χ4n) is 1.63. The summed E-state index contributed by atoms with van der Waals surface area (Å²) >= 11 is -2.17. The number of aryl methyl sites for hydroxylation is 2. The summed E-state index contributed by atoms with van der Waals surface area (Å²) in [7, 11) is 0. The molecule has 1 unspecified atom stereocenters. The lowest BCUT2D eigenvalue weighted by Gasteiger charge is -2.19. The van der Waals surface area contributed by atoms with Crippen molar-refractivity contribution in [3.8, 4) is 0 Å². The Morgan fingerprint density at radius 3 is 2.41 bits per heavy atom. The van der Waals surface area contributed by atoms with Crippen molar-refractivity contribution in [2.75, 3.05) is 4.31 Å². The molecule has 0 aliphatic heterocycles. The second kappa shape index (κ2) is 4.68. The maximum absolute atomic E-state index is 11.5. The van der Waals surface area contributed by atoms with Crippen LogP contribution in [0.1, 0.15) is 11.5 Å². The molecule has 0 radical (unpaired) electrons. The van der Waals surface area contributed by atoms with E-state index in [2.05, 4.69) is 5.16 Å². The smallest absolute Gasteiger partial charge is 0.266 e. The van der Waals surface area contributed by atoms with Crippen molar-refractivity contribution in [1.82, 2.24) is 5.16 Å². The zero-order valence-electron chi connectivity index (χ0n) is 9.45. The van der Waals surface area contributed by atoms with E-state index in [1.807, 2.05) is 6.07 Å². The molecule has 2 rings (SSSR count). The zero-order chi connectivity index (χ0) is 12.4. The molecule has 90 valence electrons. The summed E-state index contributed by atoms with van der Waals surface area (Å²) < 4.78 is 27.2. The zero-order valence-corrected chi connectivity index (χ0v) is 10.3. The minimum absolute atomic E-state index is 0.508. The van der Waals surface area contributed by atoms with E-state index in [9.17, 15) is 8.76 Å². The van der Waals surface area contributed by atoms with E-state index in [1.165, 1.54) is 4.31 Å². The van der Waals surface area contributed by atoms with Gasteiger partial charge in [-0.2, -0.15) is 0 Å². The Morgan fingerprint density at radius 2 is 1.94 bits per heavy atom. The van der Waals surface area contributed by atoms with Crippen molar-refractivity contribution >= 4 is 22.6 Å². The third-order valence-electron chi connectivity index (χ3n) is 2.35. The molecule has 0 saturated carbocycles. The topological polar surface area (TPSA) is 66.6 Å². The summed E-state index contributed by atoms with van der Waals surface area (Å²) in [5.41, 5.74) is 1.72. The van der Waals surface area contributed by atoms with Crippen LogP contribution in [0.5, 0.6) is 0 Å². The number of hydrogen-bond donors (Lipinski definition) is 1. The van der Waals surface area contributed by atoms with Gasteiger partial charge >= 0.3 is 0 Å². The lowest BCUT2D eigenvalue weighted by atomic mass is 10.2. The second-order valence-corrected chi connectivity index (χ2v) is 4.36. The van der Waals surface area contributed by atoms with E-state index in [0.717, 1.165) is 0 Å². The Hall–Kier alpha value is -1.66. The predicted molar refractivity (Wildman–Crippen MR) is 65.3 cm³/mol. The summed E-state index contributed by atoms with van der Waals surface area (Å²) in [6.45, 7) is 3.44. The van der Waals surface area contributed by atoms with Crippen LogP contribution in [0, 0.1) is 13.8 Å². The number of aromatic nitrogens is 1. The molecule has 1 N–H and O–H groups in total. The van der Waals surface area contributed by atoms with Crippen LogP contribution < -0.4 is 4.31 Å². The average Bonchev–Trinajstić information content (AvgIpc) is 2.62. The summed E-state index contributed by atoms with van der Waals surface area (Å²) in [5.74, 6) is 0.508. The lowest BCUT2D eigenvalue weighted by molar-refractivity contribution is 0.393. The molecule has 0 amide bonds. The molecule has 2 aromatic rings. The van der Waals surface area contributed by atoms with E-state index in [4.69, 9.17) is 4.52 Å². The van der Waals surface area contributed by atoms with Crippen molar-refractivity contribution in [1.29, 1.82) is 0 Å². The highest BCUT2D eigenvalue weighted by atomic mass is 32.2. The number of nitrogens with zero attached hydrogens (tertiary/aromatic N) is 2. The van der Waals surface area contributed by atoms with Crippen LogP contribution in [0.2, 0.25) is 0 Å². The van der Waals surface area contributed by atoms with Gasteiger partial charge in [0.05, 0.1) is 5.69 Å². The fourth-order valence-corrected chi connectivity index (χ4v) is 2.35. The molecule has 1 aromatic carbocycles. The standard InChI is InChI=1S/C11H12N2O3S/c1-8-11(9(2)16-12-8)13(17(14)15)10-6-4-3-5-7-10/h3-7H,1-2H3,(H,14,15). The first-order valence-corrected chi connectivity index (χ1v) is 6.06. The van der Waals surface area contributed by atoms with Crippen molar-refractivity contribution < 1.29 is 13.3 Å². The van der Waals surface area contributed by atoms with Crippen LogP contribution in [-0.4, -0.2) is 13.9 Å². The number of para-hydroxylation sites is 1. The van der Waals surface area contributed by atoms with E-state index in [1.54, 1.807) is 38.1 Å². The van der Waals surface area contributed by atoms with Gasteiger partial charge in [-0.05, 0) is 26.0 Å². The first-order chi connectivity index (χ1) is 8.11. The summed E-state index contributed by atoms with van der Waals surface area (Å²) in [6, 6.07) is 8.94. The van der Waals surface area contributed by atoms with Crippen LogP contribution in [0.3, 0.4) is 0 Å². The van der Waals surface area contributed by atoms with Gasteiger partial charge in [-0.25, -0.2) is 8.51 Å². The highest BCUT2D eigenvalue weighted by Gasteiger charge is 2.22. The average molecular weight is 252 g/mol. The maximum Gasteiger partial charge on any atom is 0.266 e. The third kappa shape index (κ3) is 2.22. The first kappa shape index (κ1) is 11.8. The molecule has 0 saturated heterocycles. The van der Waals surface area contributed by atoms with Gasteiger partial charge in [-0.15, -0.1) is 0 Å². The molecule has 0 spiro atoms. The van der Waals surface area contributed by atoms with Gasteiger partial charge in [0.15, 0.2) is 5.76 Å². The van der Waals surface area contributed by atoms with Gasteiger partial charge in [-0.1, -0.05) is 23.4 Å². The Kier molecular flexibility index (Phi) is 3.26. The Morgan fingerprint density at radius 1 is 1.29 bits per heavy atom. The van der Waals surface area contributed by atoms with Gasteiger partial charge in [0.25, 0.3) is 11.3 Å². The van der Waals surface area contributed by atoms with Crippen LogP contribution in [0.25, 0.3) is 0 Å². The number of hydrogen-bond acceptors (Lipinski definition) is 3. The van der Waals surface area contributed by atoms with Crippen LogP contribution in [0.4, 0.5) is 11.4 Å². The molecule has 6 heteroatoms. The van der Waals surface area contributed by atoms with Gasteiger partial charge in [-0.3, -0.25) is 4.55 Å². The summed E-state index contributed by atoms with van der Waals surface area (Å²) in [6.07, 6.45) is 0. The fraction of sp³-hybridized carbons (Fsp3) is 0.182. The van der Waals surface area contributed by atoms with Crippen molar-refractivity contribution in [3.05, 3.63) is 41.8 Å². The molecule has 0 bridgehead atoms. The third-order valence-corrected chi connectivity index (χ3v) is 3.05. The van der Waals surface area contributed by atoms with Gasteiger partial charge in [0, 0.05) is 0 Å². The van der Waals surface area contributed by atoms with Crippen LogP contribution >= 0.6 is 0 Å². The summed E-state index contributed by atoms with van der Waals surface area (Å²) in [4.78, 5) is 0. The lowest BCUT2D eigenvalue weighted by Crippen LogP contribution is -2.20. The summed E-state index contributed by atoms with van der Waals surface area (Å²) in [5, 5.41) is 3.78. The number of anilines is 2. The van der Waals surface area contributed by atoms with Crippen molar-refractivity contribution in [3.63, 3.8) is 0 Å². The maximum atomic E-state index is 11.5. The van der Waals surface area contributed by atoms with Crippen molar-refractivity contribution in [2.45, 2.75) is 13.8 Å². The molecule has 1 aromatic heterocycles. The first-order valence-electron chi connectivity index (χ1n) is 5.00. The van der Waals surface area contributed by atoms with Crippen LogP contribution in [0.15, 0.2) is 34.9 Å². The monoisotopic (exact) mass is 252 g/mol. The Bertz CT molecular complexity index is 519. The quantitative estimate of drug-likeness (QED) is 0.852. The van der Waals surface area contributed by atoms with E-state index in [-0.39, 0.29) is 0 Å². The molecular formula is C11H12N2O3S. The molecule has 0 fully saturated rings. The number of rotatable bonds is 3. The number of benzene rings is 1. The van der Waals surface area contributed by atoms with Gasteiger partial charge in [0.2, 0.25) is 0 Å². The van der Waals surface area contributed by atoms with Gasteiger partial charge in [0.1, 0.15) is 11.4 Å². The molecule has 1 atom stereocenters. The minimum atomic E-state index is -2.17. The van der Waals surface area contributed by atoms with Crippen molar-refractivity contribution in [2.24, 2.45) is 0 Å². The molecule has 0 aliphatic rings. The van der Waals surface area contributed by atoms with E-state index in [0.29, 0.717) is 22.8 Å². The Labute approximate surface area is 101 Å². The molecule has 1 heterocycles. The second-order valence-electron chi connectivity index (χ2n) is 3.53. The normalized spacial score (nSPS) is 12.4. The van der Waals surface area contributed by atoms with Crippen LogP contribution in [-0.2, 0) is 11.3 Å². The molecule has 5 nitrogen and oxygen atoms in total. The minimum Gasteiger partial charge on any atom is -0.359 e. The van der Waals surface area contributed by atoms with Gasteiger partial charge < -0.3 is 4.52 Å². The highest BCUT2D eigenvalue weighted by Crippen LogP contribution is 2.31.